The van der Waals surface area contributed by atoms with E-state index in [1.54, 1.807) is 6.07 Å². The maximum atomic E-state index is 13.5. The minimum atomic E-state index is -2.93. The Morgan fingerprint density at radius 2 is 1.71 bits per heavy atom. The van der Waals surface area contributed by atoms with E-state index < -0.39 is 5.92 Å². The van der Waals surface area contributed by atoms with Crippen LogP contribution in [0.25, 0.3) is 0 Å². The summed E-state index contributed by atoms with van der Waals surface area (Å²) in [4.78, 5) is 0. The molecule has 0 aliphatic carbocycles. The fourth-order valence-electron chi connectivity index (χ4n) is 1.69. The van der Waals surface area contributed by atoms with Crippen molar-refractivity contribution in [2.45, 2.75) is 19.3 Å². The van der Waals surface area contributed by atoms with Gasteiger partial charge < -0.3 is 15.2 Å². The topological polar surface area (TPSA) is 44.5 Å². The molecule has 0 aliphatic heterocycles. The van der Waals surface area contributed by atoms with Crippen molar-refractivity contribution in [3.05, 3.63) is 23.3 Å². The maximum absolute atomic E-state index is 13.5. The van der Waals surface area contributed by atoms with Crippen molar-refractivity contribution in [3.63, 3.8) is 0 Å². The summed E-state index contributed by atoms with van der Waals surface area (Å²) in [5.41, 5.74) is 5.83. The summed E-state index contributed by atoms with van der Waals surface area (Å²) in [6, 6.07) is 2.86. The molecule has 1 aromatic rings. The number of hydrogen-bond donors (Lipinski definition) is 1. The average Bonchev–Trinajstić information content (AvgIpc) is 2.27. The van der Waals surface area contributed by atoms with Crippen LogP contribution in [-0.4, -0.2) is 20.8 Å². The van der Waals surface area contributed by atoms with Crippen LogP contribution >= 0.6 is 0 Å². The number of ether oxygens (including phenoxy) is 2. The Morgan fingerprint density at radius 3 is 2.12 bits per heavy atom. The number of nitrogens with two attached hydrogens (primary N) is 1. The first kappa shape index (κ1) is 13.7. The zero-order valence-corrected chi connectivity index (χ0v) is 10.2. The molecule has 0 saturated heterocycles. The summed E-state index contributed by atoms with van der Waals surface area (Å²) in [5.74, 6) is -2.20. The van der Waals surface area contributed by atoms with Crippen molar-refractivity contribution >= 4 is 0 Å². The molecule has 0 radical (unpaired) electrons. The molecule has 0 amide bonds. The van der Waals surface area contributed by atoms with Gasteiger partial charge in [-0.1, -0.05) is 0 Å². The van der Waals surface area contributed by atoms with Gasteiger partial charge in [0, 0.05) is 12.5 Å². The fraction of sp³-hybridized carbons (Fsp3) is 0.500. The van der Waals surface area contributed by atoms with E-state index >= 15 is 0 Å². The number of alkyl halides is 2. The van der Waals surface area contributed by atoms with E-state index in [1.165, 1.54) is 20.3 Å². The summed E-state index contributed by atoms with van der Waals surface area (Å²) in [6.07, 6.45) is 0.374. The van der Waals surface area contributed by atoms with Gasteiger partial charge in [-0.2, -0.15) is 0 Å². The van der Waals surface area contributed by atoms with E-state index in [2.05, 4.69) is 0 Å². The fourth-order valence-corrected chi connectivity index (χ4v) is 1.69. The van der Waals surface area contributed by atoms with Gasteiger partial charge in [-0.15, -0.1) is 0 Å². The van der Waals surface area contributed by atoms with Gasteiger partial charge in [0.1, 0.15) is 0 Å². The van der Waals surface area contributed by atoms with E-state index in [0.717, 1.165) is 6.92 Å². The largest absolute Gasteiger partial charge is 0.493 e. The first-order chi connectivity index (χ1) is 7.93. The highest BCUT2D eigenvalue weighted by atomic mass is 19.3. The molecular formula is C12H17F2NO2. The molecule has 1 rings (SSSR count). The van der Waals surface area contributed by atoms with Crippen LogP contribution in [0.3, 0.4) is 0 Å². The zero-order valence-electron chi connectivity index (χ0n) is 10.2. The van der Waals surface area contributed by atoms with Gasteiger partial charge in [0.15, 0.2) is 11.5 Å². The van der Waals surface area contributed by atoms with Crippen LogP contribution in [0, 0.1) is 0 Å². The van der Waals surface area contributed by atoms with E-state index in [9.17, 15) is 8.78 Å². The first-order valence-corrected chi connectivity index (χ1v) is 5.27. The van der Waals surface area contributed by atoms with Crippen molar-refractivity contribution in [1.29, 1.82) is 0 Å². The van der Waals surface area contributed by atoms with Crippen LogP contribution in [0.15, 0.2) is 12.1 Å². The van der Waals surface area contributed by atoms with E-state index in [0.29, 0.717) is 30.0 Å². The summed E-state index contributed by atoms with van der Waals surface area (Å²) in [7, 11) is 2.88. The molecule has 0 spiro atoms. The normalized spacial score (nSPS) is 11.4. The zero-order chi connectivity index (χ0) is 13.1. The second kappa shape index (κ2) is 5.31. The molecule has 2 N–H and O–H groups in total. The monoisotopic (exact) mass is 245 g/mol. The van der Waals surface area contributed by atoms with Crippen LogP contribution in [0.4, 0.5) is 8.78 Å². The second-order valence-electron chi connectivity index (χ2n) is 3.79. The van der Waals surface area contributed by atoms with Gasteiger partial charge >= 0.3 is 0 Å². The van der Waals surface area contributed by atoms with Crippen molar-refractivity contribution in [1.82, 2.24) is 0 Å². The standard InChI is InChI=1S/C12H17F2NO2/c1-12(13,14)9-7-11(17-3)10(16-2)6-8(9)4-5-15/h6-7H,4-5,15H2,1-3H3. The molecule has 0 unspecified atom stereocenters. The van der Waals surface area contributed by atoms with Gasteiger partial charge in [-0.3, -0.25) is 0 Å². The van der Waals surface area contributed by atoms with E-state index in [-0.39, 0.29) is 5.56 Å². The van der Waals surface area contributed by atoms with Gasteiger partial charge in [0.2, 0.25) is 0 Å². The van der Waals surface area contributed by atoms with Crippen molar-refractivity contribution in [2.24, 2.45) is 5.73 Å². The molecule has 5 heteroatoms. The lowest BCUT2D eigenvalue weighted by Crippen LogP contribution is -2.14. The number of hydrogen-bond acceptors (Lipinski definition) is 3. The summed E-state index contributed by atoms with van der Waals surface area (Å²) < 4.78 is 37.0. The molecule has 0 aliphatic rings. The molecular weight excluding hydrogens is 228 g/mol. The third-order valence-electron chi connectivity index (χ3n) is 2.50. The highest BCUT2D eigenvalue weighted by Crippen LogP contribution is 2.38. The molecule has 17 heavy (non-hydrogen) atoms. The van der Waals surface area contributed by atoms with E-state index in [1.807, 2.05) is 0 Å². The number of benzene rings is 1. The van der Waals surface area contributed by atoms with Crippen molar-refractivity contribution in [2.75, 3.05) is 20.8 Å². The molecule has 0 fully saturated rings. The summed E-state index contributed by atoms with van der Waals surface area (Å²) in [6.45, 7) is 1.16. The van der Waals surface area contributed by atoms with Crippen LogP contribution in [0.2, 0.25) is 0 Å². The Balaban J connectivity index is 3.35. The summed E-state index contributed by atoms with van der Waals surface area (Å²) in [5, 5.41) is 0. The minimum absolute atomic E-state index is 0.0689. The van der Waals surface area contributed by atoms with Gasteiger partial charge in [0.05, 0.1) is 14.2 Å². The predicted molar refractivity (Wildman–Crippen MR) is 61.9 cm³/mol. The second-order valence-corrected chi connectivity index (χ2v) is 3.79. The Bertz CT molecular complexity index is 389. The Morgan fingerprint density at radius 1 is 1.18 bits per heavy atom. The Hall–Kier alpha value is -1.36. The van der Waals surface area contributed by atoms with Crippen molar-refractivity contribution < 1.29 is 18.3 Å². The lowest BCUT2D eigenvalue weighted by atomic mass is 9.99. The molecule has 96 valence electrons. The summed E-state index contributed by atoms with van der Waals surface area (Å²) >= 11 is 0. The van der Waals surface area contributed by atoms with Crippen molar-refractivity contribution in [3.8, 4) is 11.5 Å². The van der Waals surface area contributed by atoms with Gasteiger partial charge in [0.25, 0.3) is 5.92 Å². The van der Waals surface area contributed by atoms with Crippen LogP contribution in [0.1, 0.15) is 18.1 Å². The Kier molecular flexibility index (Phi) is 4.28. The molecule has 0 heterocycles. The SMILES string of the molecule is COc1cc(CCN)c(C(C)(F)F)cc1OC. The third-order valence-corrected chi connectivity index (χ3v) is 2.50. The lowest BCUT2D eigenvalue weighted by Gasteiger charge is -2.18. The maximum Gasteiger partial charge on any atom is 0.270 e. The molecule has 0 atom stereocenters. The molecule has 0 saturated carbocycles. The number of halogens is 2. The smallest absolute Gasteiger partial charge is 0.270 e. The van der Waals surface area contributed by atoms with E-state index in [4.69, 9.17) is 15.2 Å². The Labute approximate surface area is 99.5 Å². The number of methoxy groups -OCH3 is 2. The highest BCUT2D eigenvalue weighted by molar-refractivity contribution is 5.48. The molecule has 3 nitrogen and oxygen atoms in total. The first-order valence-electron chi connectivity index (χ1n) is 5.27. The van der Waals surface area contributed by atoms with Crippen LogP contribution in [0.5, 0.6) is 11.5 Å². The van der Waals surface area contributed by atoms with Gasteiger partial charge in [-0.05, 0) is 30.7 Å². The minimum Gasteiger partial charge on any atom is -0.493 e. The number of rotatable bonds is 5. The van der Waals surface area contributed by atoms with Crippen LogP contribution in [-0.2, 0) is 12.3 Å². The third kappa shape index (κ3) is 3.06. The molecule has 0 aromatic heterocycles. The highest BCUT2D eigenvalue weighted by Gasteiger charge is 2.29. The van der Waals surface area contributed by atoms with Crippen LogP contribution < -0.4 is 15.2 Å². The average molecular weight is 245 g/mol. The van der Waals surface area contributed by atoms with Gasteiger partial charge in [-0.25, -0.2) is 8.78 Å². The quantitative estimate of drug-likeness (QED) is 0.865. The molecule has 0 bridgehead atoms. The molecule has 1 aromatic carbocycles. The lowest BCUT2D eigenvalue weighted by molar-refractivity contribution is 0.0163. The predicted octanol–water partition coefficient (Wildman–Crippen LogP) is 2.32.